The first-order valence-electron chi connectivity index (χ1n) is 9.88. The molecule has 0 spiro atoms. The van der Waals surface area contributed by atoms with Gasteiger partial charge in [0.1, 0.15) is 5.82 Å². The second-order valence-corrected chi connectivity index (χ2v) is 7.18. The van der Waals surface area contributed by atoms with Crippen molar-refractivity contribution in [2.75, 3.05) is 0 Å². The molecule has 3 aromatic carbocycles. The van der Waals surface area contributed by atoms with Gasteiger partial charge in [0.25, 0.3) is 5.69 Å². The Morgan fingerprint density at radius 3 is 2.53 bits per heavy atom. The van der Waals surface area contributed by atoms with Crippen LogP contribution in [0.5, 0.6) is 0 Å². The monoisotopic (exact) mass is 430 g/mol. The van der Waals surface area contributed by atoms with Crippen LogP contribution < -0.4 is 5.32 Å². The number of hydrogen-bond acceptors (Lipinski definition) is 4. The molecule has 1 N–H and O–H groups in total. The topological polar surface area (TPSA) is 90.1 Å². The third-order valence-electron chi connectivity index (χ3n) is 5.03. The number of carbonyl (C=O) groups is 1. The predicted octanol–water partition coefficient (Wildman–Crippen LogP) is 4.65. The first kappa shape index (κ1) is 20.9. The maximum atomic E-state index is 13.4. The lowest BCUT2D eigenvalue weighted by Gasteiger charge is -2.19. The van der Waals surface area contributed by atoms with Gasteiger partial charge in [-0.25, -0.2) is 9.37 Å². The van der Waals surface area contributed by atoms with Crippen LogP contribution in [0.4, 0.5) is 10.1 Å². The van der Waals surface area contributed by atoms with E-state index in [-0.39, 0.29) is 17.4 Å². The van der Waals surface area contributed by atoms with Gasteiger partial charge in [0, 0.05) is 24.8 Å². The van der Waals surface area contributed by atoms with Crippen LogP contribution in [0.1, 0.15) is 17.2 Å². The number of non-ortho nitro benzene ring substituents is 1. The molecule has 7 nitrogen and oxygen atoms in total. The fourth-order valence-electron chi connectivity index (χ4n) is 3.38. The largest absolute Gasteiger partial charge is 0.344 e. The lowest BCUT2D eigenvalue weighted by molar-refractivity contribution is -0.384. The third-order valence-corrected chi connectivity index (χ3v) is 5.03. The average Bonchev–Trinajstić information content (AvgIpc) is 3.21. The molecule has 1 aromatic heterocycles. The van der Waals surface area contributed by atoms with Crippen LogP contribution in [0.3, 0.4) is 0 Å². The zero-order valence-electron chi connectivity index (χ0n) is 16.9. The summed E-state index contributed by atoms with van der Waals surface area (Å²) in [5.41, 5.74) is 3.16. The summed E-state index contributed by atoms with van der Waals surface area (Å²) in [4.78, 5) is 27.3. The summed E-state index contributed by atoms with van der Waals surface area (Å²) in [5, 5.41) is 13.7. The van der Waals surface area contributed by atoms with Crippen LogP contribution in [0.2, 0.25) is 0 Å². The number of nitro groups is 1. The van der Waals surface area contributed by atoms with E-state index in [2.05, 4.69) is 10.3 Å². The fourth-order valence-corrected chi connectivity index (χ4v) is 3.38. The summed E-state index contributed by atoms with van der Waals surface area (Å²) in [7, 11) is 0. The van der Waals surface area contributed by atoms with E-state index in [1.807, 2.05) is 28.8 Å². The molecular formula is C24H19FN4O3. The first-order valence-corrected chi connectivity index (χ1v) is 9.88. The number of amides is 1. The zero-order chi connectivity index (χ0) is 22.5. The number of nitrogens with zero attached hydrogens (tertiary/aromatic N) is 3. The highest BCUT2D eigenvalue weighted by atomic mass is 19.1. The van der Waals surface area contributed by atoms with Crippen molar-refractivity contribution >= 4 is 28.7 Å². The molecule has 0 aliphatic rings. The van der Waals surface area contributed by atoms with Gasteiger partial charge in [0.05, 0.1) is 28.3 Å². The molecule has 1 heterocycles. The van der Waals surface area contributed by atoms with E-state index in [0.717, 1.165) is 16.6 Å². The van der Waals surface area contributed by atoms with Gasteiger partial charge in [-0.2, -0.15) is 0 Å². The Balaban J connectivity index is 1.53. The average molecular weight is 430 g/mol. The Bertz CT molecular complexity index is 1280. The summed E-state index contributed by atoms with van der Waals surface area (Å²) >= 11 is 0. The van der Waals surface area contributed by atoms with Crippen molar-refractivity contribution in [2.24, 2.45) is 0 Å². The van der Waals surface area contributed by atoms with Crippen LogP contribution in [0.15, 0.2) is 85.2 Å². The van der Waals surface area contributed by atoms with Gasteiger partial charge in [0.15, 0.2) is 0 Å². The molecule has 0 bridgehead atoms. The van der Waals surface area contributed by atoms with Gasteiger partial charge in [-0.05, 0) is 53.6 Å². The highest BCUT2D eigenvalue weighted by Gasteiger charge is 2.16. The van der Waals surface area contributed by atoms with Crippen molar-refractivity contribution < 1.29 is 14.1 Å². The Hall–Kier alpha value is -4.33. The number of halogens is 1. The molecule has 32 heavy (non-hydrogen) atoms. The van der Waals surface area contributed by atoms with Crippen molar-refractivity contribution in [3.63, 3.8) is 0 Å². The molecule has 4 rings (SSSR count). The molecule has 160 valence electrons. The van der Waals surface area contributed by atoms with Gasteiger partial charge >= 0.3 is 0 Å². The number of benzene rings is 3. The van der Waals surface area contributed by atoms with E-state index in [4.69, 9.17) is 0 Å². The minimum absolute atomic E-state index is 0.0180. The second kappa shape index (κ2) is 9.22. The number of hydrogen-bond donors (Lipinski definition) is 1. The van der Waals surface area contributed by atoms with Crippen LogP contribution in [0.25, 0.3) is 17.1 Å². The summed E-state index contributed by atoms with van der Waals surface area (Å²) in [6.07, 6.45) is 4.65. The van der Waals surface area contributed by atoms with Gasteiger partial charge in [0.2, 0.25) is 5.91 Å². The number of carbonyl (C=O) groups excluding carboxylic acids is 1. The number of aromatic nitrogens is 2. The van der Waals surface area contributed by atoms with Gasteiger partial charge < -0.3 is 9.88 Å². The smallest absolute Gasteiger partial charge is 0.269 e. The summed E-state index contributed by atoms with van der Waals surface area (Å²) in [5.74, 6) is -0.702. The Morgan fingerprint density at radius 2 is 1.81 bits per heavy atom. The number of para-hydroxylation sites is 2. The summed E-state index contributed by atoms with van der Waals surface area (Å²) in [6.45, 7) is 0.406. The molecule has 0 fully saturated rings. The van der Waals surface area contributed by atoms with Gasteiger partial charge in [-0.3, -0.25) is 14.9 Å². The highest BCUT2D eigenvalue weighted by Crippen LogP contribution is 2.20. The van der Waals surface area contributed by atoms with Crippen LogP contribution in [0, 0.1) is 15.9 Å². The molecular weight excluding hydrogens is 411 g/mol. The maximum absolute atomic E-state index is 13.4. The van der Waals surface area contributed by atoms with Crippen LogP contribution in [-0.2, 0) is 11.3 Å². The van der Waals surface area contributed by atoms with Crippen LogP contribution >= 0.6 is 0 Å². The Labute approximate surface area is 183 Å². The third kappa shape index (κ3) is 4.86. The zero-order valence-corrected chi connectivity index (χ0v) is 16.9. The molecule has 1 atom stereocenters. The second-order valence-electron chi connectivity index (χ2n) is 7.18. The molecule has 0 saturated heterocycles. The number of rotatable bonds is 7. The predicted molar refractivity (Wildman–Crippen MR) is 119 cm³/mol. The van der Waals surface area contributed by atoms with Gasteiger partial charge in [-0.15, -0.1) is 0 Å². The molecule has 1 unspecified atom stereocenters. The fraction of sp³-hybridized carbons (Fsp3) is 0.0833. The SMILES string of the molecule is O=C(/C=C/c1ccc([N+](=O)[O-])cc1)NC(Cn1cnc2ccccc21)c1ccc(F)cc1. The minimum Gasteiger partial charge on any atom is -0.344 e. The van der Waals surface area contributed by atoms with E-state index < -0.39 is 11.0 Å². The van der Waals surface area contributed by atoms with Gasteiger partial charge in [-0.1, -0.05) is 24.3 Å². The molecule has 4 aromatic rings. The molecule has 8 heteroatoms. The molecule has 0 saturated carbocycles. The first-order chi connectivity index (χ1) is 15.5. The van der Waals surface area contributed by atoms with Crippen molar-refractivity contribution in [3.8, 4) is 0 Å². The molecule has 0 radical (unpaired) electrons. The van der Waals surface area contributed by atoms with E-state index in [1.54, 1.807) is 36.7 Å². The quantitative estimate of drug-likeness (QED) is 0.262. The van der Waals surface area contributed by atoms with E-state index in [0.29, 0.717) is 12.1 Å². The van der Waals surface area contributed by atoms with Crippen molar-refractivity contribution in [1.29, 1.82) is 0 Å². The van der Waals surface area contributed by atoms with E-state index in [1.165, 1.54) is 30.3 Å². The number of nitrogens with one attached hydrogen (secondary N) is 1. The van der Waals surface area contributed by atoms with Crippen molar-refractivity contribution in [1.82, 2.24) is 14.9 Å². The number of fused-ring (bicyclic) bond motifs is 1. The number of nitro benzene ring substituents is 1. The lowest BCUT2D eigenvalue weighted by Crippen LogP contribution is -2.30. The minimum atomic E-state index is -0.479. The van der Waals surface area contributed by atoms with E-state index in [9.17, 15) is 19.3 Å². The van der Waals surface area contributed by atoms with Crippen molar-refractivity contribution in [3.05, 3.63) is 112 Å². The molecule has 0 aliphatic heterocycles. The highest BCUT2D eigenvalue weighted by molar-refractivity contribution is 5.92. The maximum Gasteiger partial charge on any atom is 0.269 e. The lowest BCUT2D eigenvalue weighted by atomic mass is 10.1. The van der Waals surface area contributed by atoms with E-state index >= 15 is 0 Å². The Kier molecular flexibility index (Phi) is 6.03. The molecule has 0 aliphatic carbocycles. The summed E-state index contributed by atoms with van der Waals surface area (Å²) in [6, 6.07) is 19.1. The van der Waals surface area contributed by atoms with Crippen molar-refractivity contribution in [2.45, 2.75) is 12.6 Å². The molecule has 1 amide bonds. The normalized spacial score (nSPS) is 12.2. The van der Waals surface area contributed by atoms with Crippen LogP contribution in [-0.4, -0.2) is 20.4 Å². The number of imidazole rings is 1. The Morgan fingerprint density at radius 1 is 1.09 bits per heavy atom. The standard InChI is InChI=1S/C24H19FN4O3/c25-19-10-8-18(9-11-19)22(15-28-16-26-21-3-1-2-4-23(21)28)27-24(30)14-7-17-5-12-20(13-6-17)29(31)32/h1-14,16,22H,15H2,(H,27,30)/b14-7+. The summed E-state index contributed by atoms with van der Waals surface area (Å²) < 4.78 is 15.4.